The summed E-state index contributed by atoms with van der Waals surface area (Å²) in [5.41, 5.74) is 2.82. The molecule has 0 fully saturated rings. The molecule has 0 amide bonds. The van der Waals surface area contributed by atoms with E-state index in [9.17, 15) is 4.79 Å². The third-order valence-electron chi connectivity index (χ3n) is 2.78. The molecule has 1 aromatic heterocycles. The molecule has 94 valence electrons. The van der Waals surface area contributed by atoms with Crippen LogP contribution in [0.5, 0.6) is 11.5 Å². The Morgan fingerprint density at radius 1 is 1.22 bits per heavy atom. The van der Waals surface area contributed by atoms with Gasteiger partial charge in [-0.2, -0.15) is 5.10 Å². The SMILES string of the molecule is COc1cc(-c2[nH]ncc2C=O)c(OC)cc1C. The van der Waals surface area contributed by atoms with Crippen molar-refractivity contribution in [3.05, 3.63) is 29.5 Å². The van der Waals surface area contributed by atoms with Gasteiger partial charge in [-0.1, -0.05) is 0 Å². The topological polar surface area (TPSA) is 64.2 Å². The Balaban J connectivity index is 2.65. The number of aromatic amines is 1. The van der Waals surface area contributed by atoms with Gasteiger partial charge in [0.2, 0.25) is 0 Å². The normalized spacial score (nSPS) is 10.2. The first-order valence-electron chi connectivity index (χ1n) is 5.42. The first-order valence-corrected chi connectivity index (χ1v) is 5.42. The average molecular weight is 246 g/mol. The van der Waals surface area contributed by atoms with E-state index in [2.05, 4.69) is 10.2 Å². The van der Waals surface area contributed by atoms with Crippen LogP contribution in [0.2, 0.25) is 0 Å². The second-order valence-corrected chi connectivity index (χ2v) is 3.84. The van der Waals surface area contributed by atoms with Crippen LogP contribution in [-0.4, -0.2) is 30.7 Å². The van der Waals surface area contributed by atoms with Gasteiger partial charge in [0.1, 0.15) is 11.5 Å². The minimum atomic E-state index is 0.485. The molecule has 18 heavy (non-hydrogen) atoms. The van der Waals surface area contributed by atoms with Gasteiger partial charge in [-0.3, -0.25) is 9.89 Å². The molecule has 0 aliphatic carbocycles. The van der Waals surface area contributed by atoms with Gasteiger partial charge >= 0.3 is 0 Å². The maximum absolute atomic E-state index is 11.0. The minimum Gasteiger partial charge on any atom is -0.496 e. The number of benzene rings is 1. The summed E-state index contributed by atoms with van der Waals surface area (Å²) in [6.45, 7) is 1.93. The van der Waals surface area contributed by atoms with E-state index in [-0.39, 0.29) is 0 Å². The van der Waals surface area contributed by atoms with Crippen molar-refractivity contribution in [2.45, 2.75) is 6.92 Å². The van der Waals surface area contributed by atoms with E-state index in [1.807, 2.05) is 19.1 Å². The van der Waals surface area contributed by atoms with Crippen molar-refractivity contribution in [2.75, 3.05) is 14.2 Å². The number of aromatic nitrogens is 2. The Bertz CT molecular complexity index is 576. The fourth-order valence-electron chi connectivity index (χ4n) is 1.85. The molecule has 0 bridgehead atoms. The number of rotatable bonds is 4. The lowest BCUT2D eigenvalue weighted by molar-refractivity contribution is 0.112. The molecular weight excluding hydrogens is 232 g/mol. The number of hydrogen-bond donors (Lipinski definition) is 1. The highest BCUT2D eigenvalue weighted by Crippen LogP contribution is 2.35. The summed E-state index contributed by atoms with van der Waals surface area (Å²) in [5.74, 6) is 1.40. The van der Waals surface area contributed by atoms with Crippen LogP contribution in [0.15, 0.2) is 18.3 Å². The van der Waals surface area contributed by atoms with Gasteiger partial charge in [0.15, 0.2) is 6.29 Å². The van der Waals surface area contributed by atoms with Gasteiger partial charge < -0.3 is 9.47 Å². The minimum absolute atomic E-state index is 0.485. The second kappa shape index (κ2) is 4.91. The average Bonchev–Trinajstić information content (AvgIpc) is 2.86. The number of aldehydes is 1. The number of ether oxygens (including phenoxy) is 2. The fraction of sp³-hybridized carbons (Fsp3) is 0.231. The van der Waals surface area contributed by atoms with Crippen LogP contribution in [-0.2, 0) is 0 Å². The summed E-state index contributed by atoms with van der Waals surface area (Å²) in [6.07, 6.45) is 2.23. The lowest BCUT2D eigenvalue weighted by Gasteiger charge is -2.12. The lowest BCUT2D eigenvalue weighted by atomic mass is 10.0. The summed E-state index contributed by atoms with van der Waals surface area (Å²) in [7, 11) is 3.19. The molecule has 0 aliphatic heterocycles. The van der Waals surface area contributed by atoms with Crippen LogP contribution >= 0.6 is 0 Å². The number of aryl methyl sites for hydroxylation is 1. The van der Waals surface area contributed by atoms with E-state index >= 15 is 0 Å². The molecular formula is C13H14N2O3. The predicted octanol–water partition coefficient (Wildman–Crippen LogP) is 2.21. The standard InChI is InChI=1S/C13H14N2O3/c1-8-4-12(18-3)10(5-11(8)17-2)13-9(7-16)6-14-15-13/h4-7H,1-3H3,(H,14,15). The van der Waals surface area contributed by atoms with Gasteiger partial charge in [0, 0.05) is 5.56 Å². The van der Waals surface area contributed by atoms with Crippen LogP contribution in [0.25, 0.3) is 11.3 Å². The van der Waals surface area contributed by atoms with Crippen LogP contribution in [0.3, 0.4) is 0 Å². The van der Waals surface area contributed by atoms with Crippen LogP contribution in [0, 0.1) is 6.92 Å². The summed E-state index contributed by atoms with van der Waals surface area (Å²) >= 11 is 0. The number of nitrogens with one attached hydrogen (secondary N) is 1. The van der Waals surface area contributed by atoms with E-state index in [4.69, 9.17) is 9.47 Å². The predicted molar refractivity (Wildman–Crippen MR) is 67.3 cm³/mol. The van der Waals surface area contributed by atoms with Crippen LogP contribution < -0.4 is 9.47 Å². The van der Waals surface area contributed by atoms with E-state index < -0.39 is 0 Å². The Morgan fingerprint density at radius 3 is 2.56 bits per heavy atom. The highest BCUT2D eigenvalue weighted by Gasteiger charge is 2.15. The number of hydrogen-bond acceptors (Lipinski definition) is 4. The summed E-state index contributed by atoms with van der Waals surface area (Å²) in [5, 5.41) is 6.67. The molecule has 0 radical (unpaired) electrons. The number of carbonyl (C=O) groups excluding carboxylic acids is 1. The second-order valence-electron chi connectivity index (χ2n) is 3.84. The molecule has 1 N–H and O–H groups in total. The molecule has 5 heteroatoms. The summed E-state index contributed by atoms with van der Waals surface area (Å²) < 4.78 is 10.6. The maximum atomic E-state index is 11.0. The molecule has 0 unspecified atom stereocenters. The van der Waals surface area contributed by atoms with Crippen molar-refractivity contribution in [3.8, 4) is 22.8 Å². The molecule has 1 heterocycles. The highest BCUT2D eigenvalue weighted by atomic mass is 16.5. The van der Waals surface area contributed by atoms with Gasteiger partial charge in [0.25, 0.3) is 0 Å². The Morgan fingerprint density at radius 2 is 1.94 bits per heavy atom. The Kier molecular flexibility index (Phi) is 3.32. The van der Waals surface area contributed by atoms with Crippen molar-refractivity contribution >= 4 is 6.29 Å². The Hall–Kier alpha value is -2.30. The van der Waals surface area contributed by atoms with Gasteiger partial charge in [-0.25, -0.2) is 0 Å². The maximum Gasteiger partial charge on any atom is 0.153 e. The monoisotopic (exact) mass is 246 g/mol. The first-order chi connectivity index (χ1) is 8.71. The van der Waals surface area contributed by atoms with Crippen LogP contribution in [0.1, 0.15) is 15.9 Å². The third kappa shape index (κ3) is 1.95. The number of H-pyrrole nitrogens is 1. The summed E-state index contributed by atoms with van der Waals surface area (Å²) in [6, 6.07) is 3.69. The van der Waals surface area contributed by atoms with Crippen LogP contribution in [0.4, 0.5) is 0 Å². The molecule has 0 saturated heterocycles. The molecule has 2 aromatic rings. The van der Waals surface area contributed by atoms with E-state index in [1.165, 1.54) is 6.20 Å². The van der Waals surface area contributed by atoms with Crippen molar-refractivity contribution in [2.24, 2.45) is 0 Å². The number of carbonyl (C=O) groups is 1. The lowest BCUT2D eigenvalue weighted by Crippen LogP contribution is -1.95. The summed E-state index contributed by atoms with van der Waals surface area (Å²) in [4.78, 5) is 11.0. The quantitative estimate of drug-likeness (QED) is 0.840. The van der Waals surface area contributed by atoms with Gasteiger partial charge in [-0.15, -0.1) is 0 Å². The smallest absolute Gasteiger partial charge is 0.153 e. The zero-order chi connectivity index (χ0) is 13.1. The molecule has 0 atom stereocenters. The Labute approximate surface area is 105 Å². The largest absolute Gasteiger partial charge is 0.496 e. The van der Waals surface area contributed by atoms with Crippen molar-refractivity contribution < 1.29 is 14.3 Å². The van der Waals surface area contributed by atoms with Gasteiger partial charge in [-0.05, 0) is 24.6 Å². The number of nitrogens with zero attached hydrogens (tertiary/aromatic N) is 1. The number of methoxy groups -OCH3 is 2. The fourth-order valence-corrected chi connectivity index (χ4v) is 1.85. The van der Waals surface area contributed by atoms with E-state index in [1.54, 1.807) is 14.2 Å². The van der Waals surface area contributed by atoms with Crippen molar-refractivity contribution in [3.63, 3.8) is 0 Å². The highest BCUT2D eigenvalue weighted by molar-refractivity contribution is 5.87. The zero-order valence-corrected chi connectivity index (χ0v) is 10.5. The first kappa shape index (κ1) is 12.2. The van der Waals surface area contributed by atoms with Crippen molar-refractivity contribution in [1.29, 1.82) is 0 Å². The molecule has 5 nitrogen and oxygen atoms in total. The van der Waals surface area contributed by atoms with Gasteiger partial charge in [0.05, 0.1) is 31.7 Å². The molecule has 0 spiro atoms. The van der Waals surface area contributed by atoms with E-state index in [0.717, 1.165) is 23.2 Å². The molecule has 0 saturated carbocycles. The molecule has 2 rings (SSSR count). The molecule has 0 aliphatic rings. The zero-order valence-electron chi connectivity index (χ0n) is 10.5. The van der Waals surface area contributed by atoms with Crippen molar-refractivity contribution in [1.82, 2.24) is 10.2 Å². The molecule has 1 aromatic carbocycles. The van der Waals surface area contributed by atoms with E-state index in [0.29, 0.717) is 17.0 Å². The third-order valence-corrected chi connectivity index (χ3v) is 2.78.